The lowest BCUT2D eigenvalue weighted by Crippen LogP contribution is -2.15. The molecule has 19 heavy (non-hydrogen) atoms. The van der Waals surface area contributed by atoms with Crippen molar-refractivity contribution in [1.29, 1.82) is 0 Å². The van der Waals surface area contributed by atoms with Crippen LogP contribution in [0.15, 0.2) is 45.7 Å². The van der Waals surface area contributed by atoms with Crippen molar-refractivity contribution in [2.75, 3.05) is 6.54 Å². The first-order chi connectivity index (χ1) is 9.28. The van der Waals surface area contributed by atoms with Gasteiger partial charge in [0.15, 0.2) is 5.58 Å². The summed E-state index contributed by atoms with van der Waals surface area (Å²) in [5, 5.41) is 7.95. The summed E-state index contributed by atoms with van der Waals surface area (Å²) in [6, 6.07) is 9.19. The predicted molar refractivity (Wildman–Crippen MR) is 69.8 cm³/mol. The highest BCUT2D eigenvalue weighted by Crippen LogP contribution is 2.24. The maximum atomic E-state index is 11.1. The molecule has 0 aliphatic heterocycles. The van der Waals surface area contributed by atoms with Crippen molar-refractivity contribution in [2.24, 2.45) is 5.73 Å². The molecule has 3 aromatic rings. The van der Waals surface area contributed by atoms with Crippen molar-refractivity contribution in [3.8, 4) is 0 Å². The quantitative estimate of drug-likeness (QED) is 0.728. The minimum atomic E-state index is -0.462. The molecule has 2 heterocycles. The Labute approximate surface area is 108 Å². The molecule has 3 rings (SSSR count). The van der Waals surface area contributed by atoms with E-state index in [0.717, 1.165) is 11.3 Å². The van der Waals surface area contributed by atoms with E-state index in [1.54, 1.807) is 12.3 Å². The number of H-pyrrole nitrogens is 1. The number of aromatic amines is 1. The van der Waals surface area contributed by atoms with Crippen molar-refractivity contribution >= 4 is 11.1 Å². The van der Waals surface area contributed by atoms with Gasteiger partial charge in [-0.15, -0.1) is 0 Å². The second-order valence-electron chi connectivity index (χ2n) is 4.21. The average Bonchev–Trinajstić information content (AvgIpc) is 2.80. The Kier molecular flexibility index (Phi) is 2.85. The molecule has 1 aromatic carbocycles. The van der Waals surface area contributed by atoms with Gasteiger partial charge in [0.25, 0.3) is 0 Å². The summed E-state index contributed by atoms with van der Waals surface area (Å²) in [7, 11) is 0. The van der Waals surface area contributed by atoms with Gasteiger partial charge in [0.05, 0.1) is 11.2 Å². The number of aromatic nitrogens is 3. The van der Waals surface area contributed by atoms with E-state index in [9.17, 15) is 4.79 Å². The minimum absolute atomic E-state index is 0.0588. The van der Waals surface area contributed by atoms with Gasteiger partial charge in [0.2, 0.25) is 0 Å². The lowest BCUT2D eigenvalue weighted by atomic mass is 9.95. The summed E-state index contributed by atoms with van der Waals surface area (Å²) in [6.07, 6.45) is 1.62. The first-order valence-electron chi connectivity index (χ1n) is 5.88. The van der Waals surface area contributed by atoms with Crippen LogP contribution in [0.3, 0.4) is 0 Å². The Bertz CT molecular complexity index is 748. The minimum Gasteiger partial charge on any atom is -0.408 e. The molecule has 6 heteroatoms. The van der Waals surface area contributed by atoms with E-state index in [1.807, 2.05) is 24.3 Å². The number of rotatable bonds is 3. The lowest BCUT2D eigenvalue weighted by Gasteiger charge is -2.13. The van der Waals surface area contributed by atoms with Crippen LogP contribution in [-0.4, -0.2) is 21.7 Å². The number of benzene rings is 1. The van der Waals surface area contributed by atoms with Crippen molar-refractivity contribution < 1.29 is 4.42 Å². The van der Waals surface area contributed by atoms with E-state index in [1.165, 1.54) is 0 Å². The van der Waals surface area contributed by atoms with Gasteiger partial charge in [-0.25, -0.2) is 4.79 Å². The molecule has 0 spiro atoms. The molecule has 2 aromatic heterocycles. The summed E-state index contributed by atoms with van der Waals surface area (Å²) in [5.41, 5.74) is 8.78. The first kappa shape index (κ1) is 11.6. The monoisotopic (exact) mass is 256 g/mol. The third kappa shape index (κ3) is 2.13. The SMILES string of the molecule is NCC(c1ccc2oc(=O)[nH]c2c1)c1cccnn1. The van der Waals surface area contributed by atoms with Gasteiger partial charge >= 0.3 is 5.76 Å². The molecule has 3 N–H and O–H groups in total. The number of fused-ring (bicyclic) bond motifs is 1. The first-order valence-corrected chi connectivity index (χ1v) is 5.88. The largest absolute Gasteiger partial charge is 0.417 e. The molecule has 0 saturated heterocycles. The standard InChI is InChI=1S/C13H12N4O2/c14-7-9(10-2-1-5-15-17-10)8-3-4-12-11(6-8)16-13(18)19-12/h1-6,9H,7,14H2,(H,16,18). The molecule has 0 aliphatic rings. The maximum Gasteiger partial charge on any atom is 0.417 e. The summed E-state index contributed by atoms with van der Waals surface area (Å²) in [4.78, 5) is 13.8. The third-order valence-corrected chi connectivity index (χ3v) is 3.03. The van der Waals surface area contributed by atoms with Gasteiger partial charge in [0, 0.05) is 18.7 Å². The van der Waals surface area contributed by atoms with Crippen molar-refractivity contribution in [1.82, 2.24) is 15.2 Å². The summed E-state index contributed by atoms with van der Waals surface area (Å²) >= 11 is 0. The van der Waals surface area contributed by atoms with Crippen LogP contribution in [0.25, 0.3) is 11.1 Å². The lowest BCUT2D eigenvalue weighted by molar-refractivity contribution is 0.555. The Hall–Kier alpha value is -2.47. The fourth-order valence-corrected chi connectivity index (χ4v) is 2.11. The van der Waals surface area contributed by atoms with Crippen LogP contribution in [0.1, 0.15) is 17.2 Å². The van der Waals surface area contributed by atoms with Crippen LogP contribution < -0.4 is 11.5 Å². The van der Waals surface area contributed by atoms with Crippen LogP contribution in [-0.2, 0) is 0 Å². The number of nitrogens with two attached hydrogens (primary N) is 1. The highest BCUT2D eigenvalue weighted by molar-refractivity contribution is 5.73. The van der Waals surface area contributed by atoms with Crippen molar-refractivity contribution in [2.45, 2.75) is 5.92 Å². The molecule has 0 amide bonds. The summed E-state index contributed by atoms with van der Waals surface area (Å²) in [5.74, 6) is -0.521. The Morgan fingerprint density at radius 3 is 3.00 bits per heavy atom. The molecule has 0 fully saturated rings. The number of hydrogen-bond donors (Lipinski definition) is 2. The zero-order valence-corrected chi connectivity index (χ0v) is 10.0. The highest BCUT2D eigenvalue weighted by Gasteiger charge is 2.15. The maximum absolute atomic E-state index is 11.1. The van der Waals surface area contributed by atoms with E-state index < -0.39 is 5.76 Å². The molecule has 0 saturated carbocycles. The fraction of sp³-hybridized carbons (Fsp3) is 0.154. The molecule has 0 aliphatic carbocycles. The topological polar surface area (TPSA) is 97.8 Å². The van der Waals surface area contributed by atoms with Crippen LogP contribution >= 0.6 is 0 Å². The van der Waals surface area contributed by atoms with Crippen LogP contribution in [0.2, 0.25) is 0 Å². The molecule has 0 radical (unpaired) electrons. The van der Waals surface area contributed by atoms with Gasteiger partial charge < -0.3 is 10.2 Å². The van der Waals surface area contributed by atoms with Gasteiger partial charge in [-0.3, -0.25) is 4.98 Å². The van der Waals surface area contributed by atoms with E-state index in [2.05, 4.69) is 15.2 Å². The predicted octanol–water partition coefficient (Wildman–Crippen LogP) is 1.00. The number of nitrogens with one attached hydrogen (secondary N) is 1. The molecular weight excluding hydrogens is 244 g/mol. The zero-order chi connectivity index (χ0) is 13.2. The fourth-order valence-electron chi connectivity index (χ4n) is 2.11. The van der Waals surface area contributed by atoms with Crippen LogP contribution in [0.5, 0.6) is 0 Å². The second-order valence-corrected chi connectivity index (χ2v) is 4.21. The van der Waals surface area contributed by atoms with E-state index in [0.29, 0.717) is 17.6 Å². The van der Waals surface area contributed by atoms with Gasteiger partial charge in [-0.1, -0.05) is 6.07 Å². The van der Waals surface area contributed by atoms with E-state index >= 15 is 0 Å². The number of oxazole rings is 1. The van der Waals surface area contributed by atoms with E-state index in [-0.39, 0.29) is 5.92 Å². The Morgan fingerprint density at radius 1 is 1.37 bits per heavy atom. The van der Waals surface area contributed by atoms with Gasteiger partial charge in [0.1, 0.15) is 0 Å². The normalized spacial score (nSPS) is 12.7. The molecule has 1 atom stereocenters. The van der Waals surface area contributed by atoms with Crippen molar-refractivity contribution in [3.05, 3.63) is 58.3 Å². The van der Waals surface area contributed by atoms with Crippen LogP contribution in [0.4, 0.5) is 0 Å². The third-order valence-electron chi connectivity index (χ3n) is 3.03. The molecule has 0 bridgehead atoms. The molecular formula is C13H12N4O2. The second kappa shape index (κ2) is 4.66. The number of nitrogens with zero attached hydrogens (tertiary/aromatic N) is 2. The Balaban J connectivity index is 2.08. The van der Waals surface area contributed by atoms with E-state index in [4.69, 9.17) is 10.2 Å². The molecule has 1 unspecified atom stereocenters. The summed E-state index contributed by atoms with van der Waals surface area (Å²) < 4.78 is 4.97. The molecule has 6 nitrogen and oxygen atoms in total. The number of hydrogen-bond acceptors (Lipinski definition) is 5. The highest BCUT2D eigenvalue weighted by atomic mass is 16.4. The Morgan fingerprint density at radius 2 is 2.26 bits per heavy atom. The zero-order valence-electron chi connectivity index (χ0n) is 10.0. The van der Waals surface area contributed by atoms with Gasteiger partial charge in [-0.2, -0.15) is 10.2 Å². The molecule has 96 valence electrons. The summed E-state index contributed by atoms with van der Waals surface area (Å²) in [6.45, 7) is 0.409. The van der Waals surface area contributed by atoms with Crippen molar-refractivity contribution in [3.63, 3.8) is 0 Å². The average molecular weight is 256 g/mol. The van der Waals surface area contributed by atoms with Crippen LogP contribution in [0, 0.1) is 0 Å². The van der Waals surface area contributed by atoms with Gasteiger partial charge in [-0.05, 0) is 29.8 Å². The smallest absolute Gasteiger partial charge is 0.408 e.